The van der Waals surface area contributed by atoms with E-state index in [1.165, 1.54) is 0 Å². The number of aliphatic hydroxyl groups is 1. The molecule has 0 fully saturated rings. The molecule has 0 saturated carbocycles. The summed E-state index contributed by atoms with van der Waals surface area (Å²) in [6.45, 7) is 2.19. The van der Waals surface area contributed by atoms with E-state index in [0.717, 1.165) is 21.8 Å². The zero-order valence-corrected chi connectivity index (χ0v) is 27.0. The average Bonchev–Trinajstić information content (AvgIpc) is 3.52. The molecule has 6 aromatic rings. The number of methoxy groups -OCH3 is 1. The molecule has 0 aliphatic carbocycles. The van der Waals surface area contributed by atoms with Gasteiger partial charge in [-0.25, -0.2) is 0 Å². The Morgan fingerprint density at radius 3 is 2.23 bits per heavy atom. The van der Waals surface area contributed by atoms with Crippen molar-refractivity contribution in [3.8, 4) is 17.2 Å². The van der Waals surface area contributed by atoms with Crippen molar-refractivity contribution < 1.29 is 28.9 Å². The fraction of sp³-hybridized carbons (Fsp3) is 0.200. The van der Waals surface area contributed by atoms with Gasteiger partial charge in [-0.2, -0.15) is 0 Å². The fourth-order valence-corrected chi connectivity index (χ4v) is 5.90. The van der Waals surface area contributed by atoms with Crippen LogP contribution < -0.4 is 14.2 Å². The van der Waals surface area contributed by atoms with Crippen molar-refractivity contribution in [2.75, 3.05) is 33.4 Å². The smallest absolute Gasteiger partial charge is 0.230 e. The Bertz CT molecular complexity index is 2020. The van der Waals surface area contributed by atoms with Crippen LogP contribution in [0.2, 0.25) is 0 Å². The van der Waals surface area contributed by atoms with Crippen molar-refractivity contribution in [3.63, 3.8) is 0 Å². The van der Waals surface area contributed by atoms with Gasteiger partial charge in [0.1, 0.15) is 25.1 Å². The number of hydrogen-bond acceptors (Lipinski definition) is 6. The number of aliphatic hydroxyl groups excluding tert-OH is 1. The number of para-hydroxylation sites is 3. The van der Waals surface area contributed by atoms with Crippen molar-refractivity contribution in [1.82, 2.24) is 9.88 Å². The van der Waals surface area contributed by atoms with E-state index in [1.54, 1.807) is 54.5 Å². The molecule has 1 aromatic heterocycles. The normalized spacial score (nSPS) is 12.4. The number of fused-ring (bicyclic) bond motifs is 3. The third-order valence-electron chi connectivity index (χ3n) is 8.41. The molecule has 244 valence electrons. The van der Waals surface area contributed by atoms with Gasteiger partial charge in [0.25, 0.3) is 0 Å². The van der Waals surface area contributed by atoms with E-state index in [-0.39, 0.29) is 38.0 Å². The number of benzene rings is 5. The van der Waals surface area contributed by atoms with Crippen molar-refractivity contribution in [2.24, 2.45) is 0 Å². The van der Waals surface area contributed by atoms with Gasteiger partial charge in [0.2, 0.25) is 5.91 Å². The lowest BCUT2D eigenvalue weighted by Crippen LogP contribution is -2.43. The van der Waals surface area contributed by atoms with Gasteiger partial charge < -0.3 is 29.2 Å². The van der Waals surface area contributed by atoms with Crippen LogP contribution in [0.3, 0.4) is 0 Å². The molecule has 0 spiro atoms. The predicted molar refractivity (Wildman–Crippen MR) is 187 cm³/mol. The number of nitrogens with zero attached hydrogens (tertiary/aromatic N) is 1. The minimum absolute atomic E-state index is 0.0188. The number of aromatic amines is 1. The van der Waals surface area contributed by atoms with Gasteiger partial charge in [-0.3, -0.25) is 9.59 Å². The Morgan fingerprint density at radius 1 is 0.750 bits per heavy atom. The summed E-state index contributed by atoms with van der Waals surface area (Å²) in [5.74, 6) is 0.881. The first-order valence-electron chi connectivity index (χ1n) is 16.0. The van der Waals surface area contributed by atoms with E-state index in [2.05, 4.69) is 4.98 Å². The van der Waals surface area contributed by atoms with Crippen LogP contribution in [0.5, 0.6) is 17.2 Å². The SMILES string of the molecule is COc1ccccc1OCCN(C[C@H](O)COc1cccc2[nH]c3ccccc3c12)C(=O)[C@@H](C)c1cccc(C(=O)c2ccccc2)c1. The van der Waals surface area contributed by atoms with Gasteiger partial charge >= 0.3 is 0 Å². The molecule has 8 heteroatoms. The number of H-pyrrole nitrogens is 1. The molecule has 0 saturated heterocycles. The summed E-state index contributed by atoms with van der Waals surface area (Å²) in [5.41, 5.74) is 3.73. The molecule has 0 aliphatic heterocycles. The highest BCUT2D eigenvalue weighted by Gasteiger charge is 2.26. The third kappa shape index (κ3) is 7.19. The number of carbonyl (C=O) groups is 2. The van der Waals surface area contributed by atoms with E-state index in [9.17, 15) is 14.7 Å². The van der Waals surface area contributed by atoms with Crippen LogP contribution in [0.25, 0.3) is 21.8 Å². The lowest BCUT2D eigenvalue weighted by atomic mass is 9.94. The molecule has 0 bridgehead atoms. The molecule has 1 heterocycles. The first-order chi connectivity index (χ1) is 23.4. The molecular weight excluding hydrogens is 604 g/mol. The maximum Gasteiger partial charge on any atom is 0.230 e. The summed E-state index contributed by atoms with van der Waals surface area (Å²) < 4.78 is 17.6. The highest BCUT2D eigenvalue weighted by atomic mass is 16.5. The molecular formula is C40H38N2O6. The van der Waals surface area contributed by atoms with Crippen molar-refractivity contribution in [1.29, 1.82) is 0 Å². The maximum absolute atomic E-state index is 14.1. The largest absolute Gasteiger partial charge is 0.493 e. The quantitative estimate of drug-likeness (QED) is 0.124. The van der Waals surface area contributed by atoms with E-state index in [4.69, 9.17) is 14.2 Å². The summed E-state index contributed by atoms with van der Waals surface area (Å²) in [5, 5.41) is 13.2. The van der Waals surface area contributed by atoms with E-state index in [1.807, 2.05) is 85.8 Å². The number of amides is 1. The number of carbonyl (C=O) groups excluding carboxylic acids is 2. The first-order valence-corrected chi connectivity index (χ1v) is 16.0. The van der Waals surface area contributed by atoms with Gasteiger partial charge in [-0.15, -0.1) is 0 Å². The topological polar surface area (TPSA) is 101 Å². The Kier molecular flexibility index (Phi) is 10.0. The summed E-state index contributed by atoms with van der Waals surface area (Å²) in [6, 6.07) is 37.3. The zero-order valence-electron chi connectivity index (χ0n) is 27.0. The highest BCUT2D eigenvalue weighted by Crippen LogP contribution is 2.33. The average molecular weight is 643 g/mol. The van der Waals surface area contributed by atoms with Crippen LogP contribution in [0.1, 0.15) is 34.3 Å². The van der Waals surface area contributed by atoms with Crippen LogP contribution >= 0.6 is 0 Å². The molecule has 8 nitrogen and oxygen atoms in total. The third-order valence-corrected chi connectivity index (χ3v) is 8.41. The standard InChI is InChI=1S/C40H38N2O6/c1-27(29-14-10-15-30(24-29)39(44)28-12-4-3-5-13-28)40(45)42(22-23-47-36-20-9-8-19-35(36)46-2)25-31(43)26-48-37-21-11-18-34-38(37)32-16-6-7-17-33(32)41-34/h3-21,24,27,31,41,43H,22-23,25-26H2,1-2H3/t27-,31-/m0/s1. The van der Waals surface area contributed by atoms with Gasteiger partial charge in [0.15, 0.2) is 17.3 Å². The molecule has 5 aromatic carbocycles. The number of hydrogen-bond donors (Lipinski definition) is 2. The molecule has 2 N–H and O–H groups in total. The number of nitrogens with one attached hydrogen (secondary N) is 1. The molecule has 0 unspecified atom stereocenters. The number of rotatable bonds is 14. The van der Waals surface area contributed by atoms with E-state index in [0.29, 0.717) is 33.9 Å². The molecule has 48 heavy (non-hydrogen) atoms. The predicted octanol–water partition coefficient (Wildman–Crippen LogP) is 7.01. The summed E-state index contributed by atoms with van der Waals surface area (Å²) in [6.07, 6.45) is -0.987. The minimum Gasteiger partial charge on any atom is -0.493 e. The van der Waals surface area contributed by atoms with Crippen LogP contribution in [-0.4, -0.2) is 66.2 Å². The van der Waals surface area contributed by atoms with Gasteiger partial charge in [-0.1, -0.05) is 84.9 Å². The monoisotopic (exact) mass is 642 g/mol. The van der Waals surface area contributed by atoms with Crippen molar-refractivity contribution in [2.45, 2.75) is 18.9 Å². The lowest BCUT2D eigenvalue weighted by Gasteiger charge is -2.28. The molecule has 2 atom stereocenters. The fourth-order valence-electron chi connectivity index (χ4n) is 5.90. The van der Waals surface area contributed by atoms with Crippen LogP contribution in [0, 0.1) is 0 Å². The van der Waals surface area contributed by atoms with E-state index < -0.39 is 12.0 Å². The summed E-state index contributed by atoms with van der Waals surface area (Å²) in [7, 11) is 1.57. The van der Waals surface area contributed by atoms with Gasteiger partial charge in [-0.05, 0) is 48.9 Å². The first kappa shape index (κ1) is 32.3. The lowest BCUT2D eigenvalue weighted by molar-refractivity contribution is -0.134. The van der Waals surface area contributed by atoms with E-state index >= 15 is 0 Å². The number of aromatic nitrogens is 1. The molecule has 0 aliphatic rings. The van der Waals surface area contributed by atoms with Gasteiger partial charge in [0.05, 0.1) is 31.6 Å². The Labute approximate surface area is 279 Å². The molecule has 6 rings (SSSR count). The second-order valence-corrected chi connectivity index (χ2v) is 11.6. The second-order valence-electron chi connectivity index (χ2n) is 11.6. The molecule has 0 radical (unpaired) electrons. The van der Waals surface area contributed by atoms with Crippen LogP contribution in [-0.2, 0) is 4.79 Å². The minimum atomic E-state index is -0.987. The van der Waals surface area contributed by atoms with Crippen molar-refractivity contribution >= 4 is 33.5 Å². The zero-order chi connectivity index (χ0) is 33.5. The molecule has 1 amide bonds. The maximum atomic E-state index is 14.1. The Balaban J connectivity index is 1.19. The Hall–Kier alpha value is -5.60. The van der Waals surface area contributed by atoms with Crippen LogP contribution in [0.4, 0.5) is 0 Å². The van der Waals surface area contributed by atoms with Crippen LogP contribution in [0.15, 0.2) is 121 Å². The number of ether oxygens (including phenoxy) is 3. The second kappa shape index (κ2) is 14.9. The summed E-state index contributed by atoms with van der Waals surface area (Å²) in [4.78, 5) is 32.2. The van der Waals surface area contributed by atoms with Gasteiger partial charge in [0, 0.05) is 27.4 Å². The summed E-state index contributed by atoms with van der Waals surface area (Å²) >= 11 is 0. The Morgan fingerprint density at radius 2 is 1.42 bits per heavy atom. The highest BCUT2D eigenvalue weighted by molar-refractivity contribution is 6.10. The van der Waals surface area contributed by atoms with Crippen molar-refractivity contribution in [3.05, 3.63) is 138 Å². The number of ketones is 1.